The molecule has 2 aliphatic rings. The normalized spacial score (nSPS) is 27.4. The summed E-state index contributed by atoms with van der Waals surface area (Å²) in [5, 5.41) is 10.9. The summed E-state index contributed by atoms with van der Waals surface area (Å²) in [6, 6.07) is 0. The van der Waals surface area contributed by atoms with Gasteiger partial charge in [0.05, 0.1) is 18.1 Å². The van der Waals surface area contributed by atoms with Crippen LogP contribution in [0.4, 0.5) is 0 Å². The van der Waals surface area contributed by atoms with Crippen molar-refractivity contribution in [3.05, 3.63) is 0 Å². The van der Waals surface area contributed by atoms with E-state index < -0.39 is 11.0 Å². The van der Waals surface area contributed by atoms with Gasteiger partial charge in [0.25, 0.3) is 0 Å². The van der Waals surface area contributed by atoms with E-state index in [1.807, 2.05) is 23.5 Å². The number of carbonyl (C=O) groups is 1. The molecule has 0 saturated carbocycles. The summed E-state index contributed by atoms with van der Waals surface area (Å²) in [6.07, 6.45) is 2.95. The molecule has 0 atom stereocenters. The lowest BCUT2D eigenvalue weighted by molar-refractivity contribution is -0.176. The maximum absolute atomic E-state index is 12.2. The van der Waals surface area contributed by atoms with Crippen LogP contribution in [0, 0.1) is 5.41 Å². The molecule has 0 aromatic rings. The zero-order chi connectivity index (χ0) is 12.4. The Bertz CT molecular complexity index is 281. The van der Waals surface area contributed by atoms with E-state index in [1.165, 1.54) is 7.11 Å². The van der Waals surface area contributed by atoms with E-state index >= 15 is 0 Å². The molecule has 0 amide bonds. The molecule has 98 valence electrons. The lowest BCUT2D eigenvalue weighted by Crippen LogP contribution is -2.57. The molecule has 0 spiro atoms. The third-order valence-electron chi connectivity index (χ3n) is 4.13. The molecule has 2 fully saturated rings. The van der Waals surface area contributed by atoms with Crippen LogP contribution < -0.4 is 0 Å². The highest BCUT2D eigenvalue weighted by molar-refractivity contribution is 7.99. The molecule has 2 heterocycles. The number of carbonyl (C=O) groups excluding carboxylic acids is 1. The fourth-order valence-electron chi connectivity index (χ4n) is 2.96. The molecule has 17 heavy (non-hydrogen) atoms. The predicted molar refractivity (Wildman–Crippen MR) is 72.5 cm³/mol. The topological polar surface area (TPSA) is 46.5 Å². The molecule has 2 aliphatic heterocycles. The Balaban J connectivity index is 2.27. The van der Waals surface area contributed by atoms with Gasteiger partial charge in [0.15, 0.2) is 0 Å². The summed E-state index contributed by atoms with van der Waals surface area (Å²) in [5.41, 5.74) is -1.49. The molecule has 2 saturated heterocycles. The van der Waals surface area contributed by atoms with Crippen LogP contribution in [0.15, 0.2) is 0 Å². The van der Waals surface area contributed by atoms with Gasteiger partial charge >= 0.3 is 5.97 Å². The number of aliphatic hydroxyl groups is 1. The number of rotatable bonds is 2. The van der Waals surface area contributed by atoms with Gasteiger partial charge in [-0.05, 0) is 48.7 Å². The number of ether oxygens (including phenoxy) is 1. The summed E-state index contributed by atoms with van der Waals surface area (Å²) in [6.45, 7) is 0. The fourth-order valence-corrected chi connectivity index (χ4v) is 5.32. The second-order valence-corrected chi connectivity index (χ2v) is 7.28. The van der Waals surface area contributed by atoms with Gasteiger partial charge in [0.1, 0.15) is 0 Å². The van der Waals surface area contributed by atoms with Gasteiger partial charge in [-0.3, -0.25) is 4.79 Å². The minimum Gasteiger partial charge on any atom is -0.469 e. The lowest BCUT2D eigenvalue weighted by atomic mass is 9.65. The summed E-state index contributed by atoms with van der Waals surface area (Å²) in [7, 11) is 1.44. The highest BCUT2D eigenvalue weighted by atomic mass is 32.2. The van der Waals surface area contributed by atoms with Crippen molar-refractivity contribution in [1.82, 2.24) is 0 Å². The van der Waals surface area contributed by atoms with Crippen molar-refractivity contribution in [3.8, 4) is 0 Å². The van der Waals surface area contributed by atoms with Crippen LogP contribution in [0.5, 0.6) is 0 Å². The molecule has 1 N–H and O–H groups in total. The molecule has 0 radical (unpaired) electrons. The Kier molecular flexibility index (Phi) is 4.31. The molecule has 0 aromatic heterocycles. The summed E-state index contributed by atoms with van der Waals surface area (Å²) < 4.78 is 5.00. The molecule has 0 unspecified atom stereocenters. The first-order chi connectivity index (χ1) is 8.15. The minimum atomic E-state index is -0.841. The second kappa shape index (κ2) is 5.41. The highest BCUT2D eigenvalue weighted by Gasteiger charge is 2.56. The number of thioether (sulfide) groups is 2. The van der Waals surface area contributed by atoms with Gasteiger partial charge in [0.2, 0.25) is 0 Å². The average Bonchev–Trinajstić information content (AvgIpc) is 2.39. The standard InChI is InChI=1S/C12H20O3S2/c1-15-10(13)11(2-6-16-7-3-11)12(14)4-8-17-9-5-12/h14H,2-9H2,1H3. The van der Waals surface area contributed by atoms with E-state index in [-0.39, 0.29) is 5.97 Å². The van der Waals surface area contributed by atoms with E-state index in [0.29, 0.717) is 0 Å². The molecule has 0 aliphatic carbocycles. The van der Waals surface area contributed by atoms with Gasteiger partial charge in [-0.15, -0.1) is 0 Å². The van der Waals surface area contributed by atoms with Crippen molar-refractivity contribution >= 4 is 29.5 Å². The van der Waals surface area contributed by atoms with Crippen LogP contribution in [0.25, 0.3) is 0 Å². The third kappa shape index (κ3) is 2.34. The van der Waals surface area contributed by atoms with Crippen LogP contribution in [-0.2, 0) is 9.53 Å². The Morgan fingerprint density at radius 2 is 1.53 bits per heavy atom. The van der Waals surface area contributed by atoms with E-state index in [0.717, 1.165) is 48.7 Å². The Labute approximate surface area is 111 Å². The third-order valence-corrected chi connectivity index (χ3v) is 6.10. The maximum Gasteiger partial charge on any atom is 0.314 e. The van der Waals surface area contributed by atoms with E-state index in [2.05, 4.69) is 0 Å². The van der Waals surface area contributed by atoms with Crippen molar-refractivity contribution in [2.45, 2.75) is 31.3 Å². The van der Waals surface area contributed by atoms with Gasteiger partial charge in [-0.1, -0.05) is 0 Å². The average molecular weight is 276 g/mol. The fraction of sp³-hybridized carbons (Fsp3) is 0.917. The van der Waals surface area contributed by atoms with E-state index in [4.69, 9.17) is 4.74 Å². The van der Waals surface area contributed by atoms with Gasteiger partial charge in [-0.2, -0.15) is 23.5 Å². The Morgan fingerprint density at radius 1 is 1.06 bits per heavy atom. The first-order valence-electron chi connectivity index (χ1n) is 6.11. The van der Waals surface area contributed by atoms with Gasteiger partial charge in [0, 0.05) is 0 Å². The monoisotopic (exact) mass is 276 g/mol. The molecule has 5 heteroatoms. The smallest absolute Gasteiger partial charge is 0.314 e. The van der Waals surface area contributed by atoms with Crippen molar-refractivity contribution in [3.63, 3.8) is 0 Å². The largest absolute Gasteiger partial charge is 0.469 e. The zero-order valence-corrected chi connectivity index (χ0v) is 11.9. The lowest BCUT2D eigenvalue weighted by Gasteiger charge is -2.48. The predicted octanol–water partition coefficient (Wildman–Crippen LogP) is 1.93. The summed E-state index contributed by atoms with van der Waals surface area (Å²) in [4.78, 5) is 12.2. The molecule has 2 rings (SSSR count). The van der Waals surface area contributed by atoms with Crippen molar-refractivity contribution in [2.75, 3.05) is 30.1 Å². The number of esters is 1. The Hall–Kier alpha value is 0.130. The van der Waals surface area contributed by atoms with Crippen LogP contribution in [0.1, 0.15) is 25.7 Å². The van der Waals surface area contributed by atoms with Crippen LogP contribution in [-0.4, -0.2) is 46.8 Å². The first-order valence-corrected chi connectivity index (χ1v) is 8.42. The zero-order valence-electron chi connectivity index (χ0n) is 10.2. The van der Waals surface area contributed by atoms with Crippen LogP contribution >= 0.6 is 23.5 Å². The van der Waals surface area contributed by atoms with Gasteiger partial charge < -0.3 is 9.84 Å². The molecular formula is C12H20O3S2. The van der Waals surface area contributed by atoms with Crippen molar-refractivity contribution < 1.29 is 14.6 Å². The molecule has 3 nitrogen and oxygen atoms in total. The molecular weight excluding hydrogens is 256 g/mol. The van der Waals surface area contributed by atoms with Crippen LogP contribution in [0.3, 0.4) is 0 Å². The number of hydrogen-bond donors (Lipinski definition) is 1. The SMILES string of the molecule is COC(=O)C1(C2(O)CCSCC2)CCSCC1. The summed E-state index contributed by atoms with van der Waals surface area (Å²) >= 11 is 3.73. The van der Waals surface area contributed by atoms with E-state index in [1.54, 1.807) is 0 Å². The van der Waals surface area contributed by atoms with E-state index in [9.17, 15) is 9.90 Å². The minimum absolute atomic E-state index is 0.202. The first kappa shape index (κ1) is 13.6. The van der Waals surface area contributed by atoms with Crippen LogP contribution in [0.2, 0.25) is 0 Å². The molecule has 0 bridgehead atoms. The van der Waals surface area contributed by atoms with Crippen molar-refractivity contribution in [1.29, 1.82) is 0 Å². The Morgan fingerprint density at radius 3 is 2.00 bits per heavy atom. The quantitative estimate of drug-likeness (QED) is 0.781. The highest BCUT2D eigenvalue weighted by Crippen LogP contribution is 2.50. The second-order valence-electron chi connectivity index (χ2n) is 4.83. The molecule has 0 aromatic carbocycles. The number of methoxy groups -OCH3 is 1. The summed E-state index contributed by atoms with van der Waals surface area (Å²) in [5.74, 6) is 3.59. The van der Waals surface area contributed by atoms with Crippen molar-refractivity contribution in [2.24, 2.45) is 5.41 Å². The van der Waals surface area contributed by atoms with Gasteiger partial charge in [-0.25, -0.2) is 0 Å². The number of hydrogen-bond acceptors (Lipinski definition) is 5. The maximum atomic E-state index is 12.2.